The number of rotatable bonds is 11. The Kier molecular flexibility index (Phi) is 7.78. The molecule has 36 heavy (non-hydrogen) atoms. The van der Waals surface area contributed by atoms with Gasteiger partial charge in [-0.1, -0.05) is 24.3 Å². The zero-order chi connectivity index (χ0) is 25.5. The summed E-state index contributed by atoms with van der Waals surface area (Å²) in [5.74, 6) is -0.339. The van der Waals surface area contributed by atoms with Crippen LogP contribution >= 0.6 is 0 Å². The Hall–Kier alpha value is -4.42. The fourth-order valence-corrected chi connectivity index (χ4v) is 3.98. The van der Waals surface area contributed by atoms with Gasteiger partial charge in [-0.3, -0.25) is 4.79 Å². The summed E-state index contributed by atoms with van der Waals surface area (Å²) >= 11 is 0. The Morgan fingerprint density at radius 1 is 1.22 bits per heavy atom. The minimum absolute atomic E-state index is 0.166. The van der Waals surface area contributed by atoms with E-state index in [0.29, 0.717) is 42.1 Å². The first-order chi connectivity index (χ1) is 17.4. The summed E-state index contributed by atoms with van der Waals surface area (Å²) in [5, 5.41) is 19.5. The normalized spacial score (nSPS) is 11.7. The Labute approximate surface area is 208 Å². The monoisotopic (exact) mass is 487 g/mol. The van der Waals surface area contributed by atoms with Gasteiger partial charge in [0.1, 0.15) is 35.6 Å². The Morgan fingerprint density at radius 3 is 2.81 bits per heavy atom. The summed E-state index contributed by atoms with van der Waals surface area (Å²) in [4.78, 5) is 15.1. The number of aliphatic hydroxyl groups is 1. The van der Waals surface area contributed by atoms with Crippen LogP contribution in [0.25, 0.3) is 5.69 Å². The van der Waals surface area contributed by atoms with E-state index in [0.717, 1.165) is 12.0 Å². The van der Waals surface area contributed by atoms with Crippen LogP contribution in [0.4, 0.5) is 4.39 Å². The molecule has 4 aromatic rings. The molecule has 0 saturated heterocycles. The highest BCUT2D eigenvalue weighted by molar-refractivity contribution is 5.90. The van der Waals surface area contributed by atoms with E-state index in [4.69, 9.17) is 10.5 Å². The molecule has 0 saturated carbocycles. The van der Waals surface area contributed by atoms with Gasteiger partial charge in [0, 0.05) is 18.9 Å². The number of carbonyl (C=O) groups is 1. The number of primary amides is 1. The molecule has 2 aromatic heterocycles. The maximum Gasteiger partial charge on any atom is 0.268 e. The molecule has 0 bridgehead atoms. The van der Waals surface area contributed by atoms with Crippen LogP contribution in [0.1, 0.15) is 40.2 Å². The number of hydrogen-bond acceptors (Lipinski definition) is 5. The van der Waals surface area contributed by atoms with E-state index >= 15 is 0 Å². The molecule has 184 valence electrons. The number of para-hydroxylation sites is 1. The van der Waals surface area contributed by atoms with Crippen LogP contribution < -0.4 is 10.5 Å². The maximum atomic E-state index is 14.7. The number of nitriles is 1. The number of nitrogens with two attached hydrogens (primary N) is 1. The number of amides is 1. The van der Waals surface area contributed by atoms with E-state index in [1.165, 1.54) is 23.2 Å². The lowest BCUT2D eigenvalue weighted by Gasteiger charge is -2.14. The predicted molar refractivity (Wildman–Crippen MR) is 131 cm³/mol. The van der Waals surface area contributed by atoms with Gasteiger partial charge in [0.05, 0.1) is 18.1 Å². The molecule has 3 N–H and O–H groups in total. The van der Waals surface area contributed by atoms with E-state index in [-0.39, 0.29) is 12.3 Å². The number of ether oxygens (including phenoxy) is 1. The number of nitrogens with zero attached hydrogens (tertiary/aromatic N) is 4. The number of halogens is 1. The second-order valence-electron chi connectivity index (χ2n) is 8.42. The molecule has 0 spiro atoms. The Morgan fingerprint density at radius 2 is 2.06 bits per heavy atom. The third-order valence-electron chi connectivity index (χ3n) is 5.79. The van der Waals surface area contributed by atoms with E-state index in [1.807, 2.05) is 30.3 Å². The van der Waals surface area contributed by atoms with Crippen molar-refractivity contribution in [1.29, 1.82) is 5.26 Å². The van der Waals surface area contributed by atoms with Crippen molar-refractivity contribution in [2.24, 2.45) is 5.73 Å². The van der Waals surface area contributed by atoms with E-state index in [1.54, 1.807) is 35.0 Å². The van der Waals surface area contributed by atoms with Crippen molar-refractivity contribution < 1.29 is 19.0 Å². The molecule has 0 fully saturated rings. The van der Waals surface area contributed by atoms with Gasteiger partial charge in [-0.2, -0.15) is 5.26 Å². The van der Waals surface area contributed by atoms with Crippen LogP contribution in [0.3, 0.4) is 0 Å². The summed E-state index contributed by atoms with van der Waals surface area (Å²) in [5.41, 5.74) is 7.70. The quantitative estimate of drug-likeness (QED) is 0.334. The van der Waals surface area contributed by atoms with Crippen LogP contribution in [0.15, 0.2) is 73.3 Å². The summed E-state index contributed by atoms with van der Waals surface area (Å²) in [6.45, 7) is 0.509. The van der Waals surface area contributed by atoms with Gasteiger partial charge in [-0.05, 0) is 60.7 Å². The molecule has 8 nitrogen and oxygen atoms in total. The van der Waals surface area contributed by atoms with Crippen molar-refractivity contribution in [2.75, 3.05) is 0 Å². The van der Waals surface area contributed by atoms with Crippen LogP contribution in [-0.2, 0) is 19.6 Å². The highest BCUT2D eigenvalue weighted by Gasteiger charge is 2.12. The molecule has 1 amide bonds. The highest BCUT2D eigenvalue weighted by Crippen LogP contribution is 2.23. The summed E-state index contributed by atoms with van der Waals surface area (Å²) < 4.78 is 23.9. The van der Waals surface area contributed by atoms with Crippen LogP contribution in [0.5, 0.6) is 5.75 Å². The van der Waals surface area contributed by atoms with Gasteiger partial charge < -0.3 is 24.7 Å². The number of hydrogen-bond donors (Lipinski definition) is 2. The largest absolute Gasteiger partial charge is 0.489 e. The molecule has 0 aliphatic heterocycles. The molecule has 1 atom stereocenters. The standard InChI is InChI=1S/C27H26FN5O3/c28-23-13-19(10-11-25(23)33-12-4-7-21(33)14-29)17-36-26-9-2-1-5-20(26)6-3-8-22(34)15-32-16-24(27(30)35)31-18-32/h1-2,4-5,7,9-13,16,18,22,34H,3,6,8,15,17H2,(H2,30,35). The number of aliphatic hydroxyl groups excluding tert-OH is 1. The van der Waals surface area contributed by atoms with Crippen LogP contribution in [0, 0.1) is 17.1 Å². The molecular weight excluding hydrogens is 461 g/mol. The molecule has 2 aromatic carbocycles. The van der Waals surface area contributed by atoms with Crippen molar-refractivity contribution >= 4 is 5.91 Å². The third-order valence-corrected chi connectivity index (χ3v) is 5.79. The molecule has 0 radical (unpaired) electrons. The molecular formula is C27H26FN5O3. The lowest BCUT2D eigenvalue weighted by Crippen LogP contribution is -2.15. The van der Waals surface area contributed by atoms with Gasteiger partial charge in [0.2, 0.25) is 0 Å². The molecule has 1 unspecified atom stereocenters. The van der Waals surface area contributed by atoms with Crippen molar-refractivity contribution in [3.63, 3.8) is 0 Å². The van der Waals surface area contributed by atoms with Crippen molar-refractivity contribution in [3.05, 3.63) is 102 Å². The Bertz CT molecular complexity index is 1390. The average molecular weight is 488 g/mol. The minimum atomic E-state index is -0.604. The average Bonchev–Trinajstić information content (AvgIpc) is 3.53. The third kappa shape index (κ3) is 5.98. The first-order valence-corrected chi connectivity index (χ1v) is 11.5. The zero-order valence-electron chi connectivity index (χ0n) is 19.5. The lowest BCUT2D eigenvalue weighted by atomic mass is 10.0. The fourth-order valence-electron chi connectivity index (χ4n) is 3.98. The second-order valence-corrected chi connectivity index (χ2v) is 8.42. The fraction of sp³-hybridized carbons (Fsp3) is 0.222. The number of aromatic nitrogens is 3. The van der Waals surface area contributed by atoms with Crippen molar-refractivity contribution in [1.82, 2.24) is 14.1 Å². The van der Waals surface area contributed by atoms with Gasteiger partial charge in [-0.25, -0.2) is 9.37 Å². The van der Waals surface area contributed by atoms with E-state index in [9.17, 15) is 19.6 Å². The smallest absolute Gasteiger partial charge is 0.268 e. The van der Waals surface area contributed by atoms with Gasteiger partial charge >= 0.3 is 0 Å². The Balaban J connectivity index is 1.32. The van der Waals surface area contributed by atoms with Crippen LogP contribution in [-0.4, -0.2) is 31.2 Å². The zero-order valence-corrected chi connectivity index (χ0v) is 19.5. The van der Waals surface area contributed by atoms with Crippen LogP contribution in [0.2, 0.25) is 0 Å². The first kappa shape index (κ1) is 24.7. The SMILES string of the molecule is N#Cc1cccn1-c1ccc(COc2ccccc2CCCC(O)Cn2cnc(C(N)=O)c2)cc1F. The van der Waals surface area contributed by atoms with Crippen molar-refractivity contribution in [2.45, 2.75) is 38.5 Å². The predicted octanol–water partition coefficient (Wildman–Crippen LogP) is 3.75. The molecule has 9 heteroatoms. The summed E-state index contributed by atoms with van der Waals surface area (Å²) in [7, 11) is 0. The maximum absolute atomic E-state index is 14.7. The molecule has 0 aliphatic carbocycles. The van der Waals surface area contributed by atoms with Crippen molar-refractivity contribution in [3.8, 4) is 17.5 Å². The lowest BCUT2D eigenvalue weighted by molar-refractivity contribution is 0.0995. The van der Waals surface area contributed by atoms with E-state index < -0.39 is 17.8 Å². The minimum Gasteiger partial charge on any atom is -0.489 e. The second kappa shape index (κ2) is 11.3. The van der Waals surface area contributed by atoms with Gasteiger partial charge in [0.15, 0.2) is 0 Å². The number of benzene rings is 2. The first-order valence-electron chi connectivity index (χ1n) is 11.5. The van der Waals surface area contributed by atoms with Gasteiger partial charge in [0.25, 0.3) is 5.91 Å². The highest BCUT2D eigenvalue weighted by atomic mass is 19.1. The topological polar surface area (TPSA) is 119 Å². The summed E-state index contributed by atoms with van der Waals surface area (Å²) in [6, 6.07) is 17.8. The number of imidazole rings is 1. The molecule has 4 rings (SSSR count). The summed E-state index contributed by atoms with van der Waals surface area (Å²) in [6.07, 6.45) is 6.01. The number of aryl methyl sites for hydroxylation is 1. The number of carbonyl (C=O) groups excluding carboxylic acids is 1. The molecule has 0 aliphatic rings. The molecule has 2 heterocycles. The van der Waals surface area contributed by atoms with Gasteiger partial charge in [-0.15, -0.1) is 0 Å². The van der Waals surface area contributed by atoms with E-state index in [2.05, 4.69) is 4.98 Å².